The average molecular weight is 375 g/mol. The first-order chi connectivity index (χ1) is 13.7. The van der Waals surface area contributed by atoms with Crippen molar-refractivity contribution >= 4 is 23.0 Å². The van der Waals surface area contributed by atoms with Crippen molar-refractivity contribution in [2.75, 3.05) is 6.61 Å². The van der Waals surface area contributed by atoms with Gasteiger partial charge in [-0.2, -0.15) is 5.10 Å². The SMILES string of the molecule is C=CCn1c(C)c(/C=N/NC(=O)c2ccc(OCCC)cc2)c2ccccc21. The highest BCUT2D eigenvalue weighted by molar-refractivity contribution is 6.02. The molecule has 0 radical (unpaired) electrons. The van der Waals surface area contributed by atoms with Crippen LogP contribution >= 0.6 is 0 Å². The summed E-state index contributed by atoms with van der Waals surface area (Å²) < 4.78 is 7.72. The van der Waals surface area contributed by atoms with Gasteiger partial charge < -0.3 is 9.30 Å². The van der Waals surface area contributed by atoms with Gasteiger partial charge in [0.25, 0.3) is 5.91 Å². The predicted molar refractivity (Wildman–Crippen MR) is 114 cm³/mol. The molecule has 0 unspecified atom stereocenters. The monoisotopic (exact) mass is 375 g/mol. The highest BCUT2D eigenvalue weighted by Gasteiger charge is 2.11. The molecule has 0 bridgehead atoms. The van der Waals surface area contributed by atoms with Gasteiger partial charge in [-0.25, -0.2) is 5.43 Å². The Hall–Kier alpha value is -3.34. The first kappa shape index (κ1) is 19.4. The second kappa shape index (κ2) is 9.04. The highest BCUT2D eigenvalue weighted by Crippen LogP contribution is 2.24. The number of hydrogen-bond donors (Lipinski definition) is 1. The quantitative estimate of drug-likeness (QED) is 0.353. The summed E-state index contributed by atoms with van der Waals surface area (Å²) in [6.45, 7) is 9.31. The maximum Gasteiger partial charge on any atom is 0.271 e. The maximum absolute atomic E-state index is 12.3. The summed E-state index contributed by atoms with van der Waals surface area (Å²) in [5.74, 6) is 0.498. The van der Waals surface area contributed by atoms with E-state index in [1.807, 2.05) is 25.1 Å². The zero-order valence-corrected chi connectivity index (χ0v) is 16.3. The van der Waals surface area contributed by atoms with Gasteiger partial charge in [-0.1, -0.05) is 31.2 Å². The van der Waals surface area contributed by atoms with Crippen LogP contribution in [-0.2, 0) is 6.54 Å². The van der Waals surface area contributed by atoms with Crippen molar-refractivity contribution in [3.8, 4) is 5.75 Å². The number of amides is 1. The summed E-state index contributed by atoms with van der Waals surface area (Å²) in [7, 11) is 0. The van der Waals surface area contributed by atoms with E-state index in [4.69, 9.17) is 4.74 Å². The number of allylic oxidation sites excluding steroid dienone is 1. The van der Waals surface area contributed by atoms with Crippen LogP contribution in [0.4, 0.5) is 0 Å². The summed E-state index contributed by atoms with van der Waals surface area (Å²) in [5.41, 5.74) is 6.33. The molecule has 3 rings (SSSR count). The number of ether oxygens (including phenoxy) is 1. The molecular weight excluding hydrogens is 350 g/mol. The molecule has 28 heavy (non-hydrogen) atoms. The Labute approximate surface area is 165 Å². The van der Waals surface area contributed by atoms with Crippen molar-refractivity contribution in [1.82, 2.24) is 9.99 Å². The number of para-hydroxylation sites is 1. The van der Waals surface area contributed by atoms with E-state index in [1.54, 1.807) is 30.5 Å². The van der Waals surface area contributed by atoms with E-state index in [1.165, 1.54) is 0 Å². The molecule has 1 N–H and O–H groups in total. The molecule has 144 valence electrons. The summed E-state index contributed by atoms with van der Waals surface area (Å²) in [6, 6.07) is 15.2. The van der Waals surface area contributed by atoms with Crippen molar-refractivity contribution in [2.45, 2.75) is 26.8 Å². The molecule has 0 atom stereocenters. The number of hydrazone groups is 1. The molecule has 0 saturated heterocycles. The minimum Gasteiger partial charge on any atom is -0.494 e. The fraction of sp³-hybridized carbons (Fsp3) is 0.217. The Morgan fingerprint density at radius 1 is 1.21 bits per heavy atom. The number of nitrogens with one attached hydrogen (secondary N) is 1. The number of fused-ring (bicyclic) bond motifs is 1. The smallest absolute Gasteiger partial charge is 0.271 e. The highest BCUT2D eigenvalue weighted by atomic mass is 16.5. The van der Waals surface area contributed by atoms with Crippen molar-refractivity contribution in [2.24, 2.45) is 5.10 Å². The van der Waals surface area contributed by atoms with Crippen LogP contribution < -0.4 is 10.2 Å². The third-order valence-electron chi connectivity index (χ3n) is 4.54. The van der Waals surface area contributed by atoms with Gasteiger partial charge in [0.1, 0.15) is 5.75 Å². The van der Waals surface area contributed by atoms with Crippen LogP contribution in [0.1, 0.15) is 35.0 Å². The number of hydrogen-bond acceptors (Lipinski definition) is 3. The molecule has 1 amide bonds. The van der Waals surface area contributed by atoms with Crippen molar-refractivity contribution < 1.29 is 9.53 Å². The number of carbonyl (C=O) groups excluding carboxylic acids is 1. The Morgan fingerprint density at radius 2 is 1.96 bits per heavy atom. The lowest BCUT2D eigenvalue weighted by molar-refractivity contribution is 0.0955. The maximum atomic E-state index is 12.3. The number of aromatic nitrogens is 1. The Balaban J connectivity index is 1.75. The lowest BCUT2D eigenvalue weighted by Crippen LogP contribution is -2.17. The van der Waals surface area contributed by atoms with Crippen LogP contribution in [0.25, 0.3) is 10.9 Å². The standard InChI is InChI=1S/C23H25N3O2/c1-4-14-26-17(3)21(20-8-6-7-9-22(20)26)16-24-25-23(27)18-10-12-19(13-11-18)28-15-5-2/h4,6-13,16H,1,5,14-15H2,2-3H3,(H,25,27)/b24-16+. The molecule has 0 aliphatic rings. The van der Waals surface area contributed by atoms with E-state index in [-0.39, 0.29) is 5.91 Å². The van der Waals surface area contributed by atoms with E-state index in [0.29, 0.717) is 12.2 Å². The van der Waals surface area contributed by atoms with Crippen molar-refractivity contribution in [1.29, 1.82) is 0 Å². The minimum absolute atomic E-state index is 0.259. The summed E-state index contributed by atoms with van der Waals surface area (Å²) in [4.78, 5) is 12.3. The Bertz CT molecular complexity index is 1000. The third kappa shape index (κ3) is 4.14. The first-order valence-electron chi connectivity index (χ1n) is 9.40. The van der Waals surface area contributed by atoms with E-state index in [0.717, 1.165) is 40.9 Å². The first-order valence-corrected chi connectivity index (χ1v) is 9.40. The molecule has 1 heterocycles. The van der Waals surface area contributed by atoms with E-state index in [9.17, 15) is 4.79 Å². The van der Waals surface area contributed by atoms with Gasteiger partial charge in [0, 0.05) is 34.3 Å². The molecule has 1 aromatic heterocycles. The second-order valence-corrected chi connectivity index (χ2v) is 6.49. The topological polar surface area (TPSA) is 55.6 Å². The molecule has 5 heteroatoms. The zero-order valence-electron chi connectivity index (χ0n) is 16.3. The Morgan fingerprint density at radius 3 is 2.68 bits per heavy atom. The zero-order chi connectivity index (χ0) is 19.9. The lowest BCUT2D eigenvalue weighted by atomic mass is 10.1. The largest absolute Gasteiger partial charge is 0.494 e. The minimum atomic E-state index is -0.259. The van der Waals surface area contributed by atoms with Gasteiger partial charge in [0.15, 0.2) is 0 Å². The van der Waals surface area contributed by atoms with Gasteiger partial charge in [-0.15, -0.1) is 6.58 Å². The second-order valence-electron chi connectivity index (χ2n) is 6.49. The number of benzene rings is 2. The molecule has 3 aromatic rings. The van der Waals surface area contributed by atoms with Crippen LogP contribution in [0.3, 0.4) is 0 Å². The van der Waals surface area contributed by atoms with Gasteiger partial charge in [-0.05, 0) is 43.7 Å². The fourth-order valence-corrected chi connectivity index (χ4v) is 3.13. The van der Waals surface area contributed by atoms with E-state index >= 15 is 0 Å². The van der Waals surface area contributed by atoms with Gasteiger partial charge in [-0.3, -0.25) is 4.79 Å². The number of rotatable bonds is 8. The van der Waals surface area contributed by atoms with Gasteiger partial charge >= 0.3 is 0 Å². The van der Waals surface area contributed by atoms with Crippen LogP contribution in [0.15, 0.2) is 66.3 Å². The summed E-state index contributed by atoms with van der Waals surface area (Å²) >= 11 is 0. The average Bonchev–Trinajstić information content (AvgIpc) is 2.99. The van der Waals surface area contributed by atoms with Crippen molar-refractivity contribution in [3.05, 3.63) is 78.0 Å². The predicted octanol–water partition coefficient (Wildman–Crippen LogP) is 4.69. The van der Waals surface area contributed by atoms with Crippen molar-refractivity contribution in [3.63, 3.8) is 0 Å². The fourth-order valence-electron chi connectivity index (χ4n) is 3.13. The molecule has 0 saturated carbocycles. The van der Waals surface area contributed by atoms with Crippen LogP contribution in [0.2, 0.25) is 0 Å². The van der Waals surface area contributed by atoms with Crippen LogP contribution in [0, 0.1) is 6.92 Å². The number of carbonyl (C=O) groups is 1. The van der Waals surface area contributed by atoms with Crippen LogP contribution in [-0.4, -0.2) is 23.3 Å². The molecule has 0 fully saturated rings. The van der Waals surface area contributed by atoms with Gasteiger partial charge in [0.2, 0.25) is 0 Å². The van der Waals surface area contributed by atoms with Gasteiger partial charge in [0.05, 0.1) is 12.8 Å². The third-order valence-corrected chi connectivity index (χ3v) is 4.54. The van der Waals surface area contributed by atoms with E-state index in [2.05, 4.69) is 40.7 Å². The Kier molecular flexibility index (Phi) is 6.27. The molecular formula is C23H25N3O2. The molecule has 0 aliphatic heterocycles. The van der Waals surface area contributed by atoms with Crippen LogP contribution in [0.5, 0.6) is 5.75 Å². The normalized spacial score (nSPS) is 11.1. The molecule has 2 aromatic carbocycles. The molecule has 0 aliphatic carbocycles. The summed E-state index contributed by atoms with van der Waals surface area (Å²) in [6.07, 6.45) is 4.52. The summed E-state index contributed by atoms with van der Waals surface area (Å²) in [5, 5.41) is 5.27. The van der Waals surface area contributed by atoms with E-state index < -0.39 is 0 Å². The lowest BCUT2D eigenvalue weighted by Gasteiger charge is -2.05. The molecule has 0 spiro atoms. The number of nitrogens with zero attached hydrogens (tertiary/aromatic N) is 2. The molecule has 5 nitrogen and oxygen atoms in total.